The highest BCUT2D eigenvalue weighted by Gasteiger charge is 1.97. The molecule has 0 aliphatic rings. The number of phenolic OH excluding ortho intramolecular Hbond substituents is 2. The average Bonchev–Trinajstić information content (AvgIpc) is 2.81. The van der Waals surface area contributed by atoms with Crippen molar-refractivity contribution in [2.75, 3.05) is 0 Å². The summed E-state index contributed by atoms with van der Waals surface area (Å²) in [5.74, 6) is 0.644. The van der Waals surface area contributed by atoms with Gasteiger partial charge in [-0.3, -0.25) is 0 Å². The van der Waals surface area contributed by atoms with Gasteiger partial charge in [0.25, 0.3) is 0 Å². The zero-order valence-electron chi connectivity index (χ0n) is 17.7. The summed E-state index contributed by atoms with van der Waals surface area (Å²) in [4.78, 5) is 0. The number of benzene rings is 4. The van der Waals surface area contributed by atoms with E-state index in [2.05, 4.69) is 62.4 Å². The van der Waals surface area contributed by atoms with Crippen molar-refractivity contribution in [3.8, 4) is 22.6 Å². The van der Waals surface area contributed by atoms with Gasteiger partial charge < -0.3 is 10.2 Å². The molecule has 4 aromatic rings. The van der Waals surface area contributed by atoms with Gasteiger partial charge in [0.05, 0.1) is 0 Å². The average molecular weight is 431 g/mol. The Balaban J connectivity index is 0.000000503. The first-order chi connectivity index (χ1) is 14.6. The van der Waals surface area contributed by atoms with E-state index in [-0.39, 0.29) is 14.9 Å². The van der Waals surface area contributed by atoms with E-state index in [1.807, 2.05) is 12.1 Å². The molecule has 0 spiro atoms. The Morgan fingerprint density at radius 3 is 0.906 bits per heavy atom. The Kier molecular flexibility index (Phi) is 14.4. The Hall–Kier alpha value is -3.52. The lowest BCUT2D eigenvalue weighted by Gasteiger charge is -2.04. The molecule has 4 rings (SSSR count). The zero-order valence-corrected chi connectivity index (χ0v) is 17.7. The standard InChI is InChI=1S/C16H18.2C6H6O.2CH4/c1-3-13-5-9-15(10-6-13)16-11-7-14(4-2)8-12-16;2*7-6-4-2-1-3-5-6;;/h5-12H,3-4H2,1-2H3;2*1-5,7H;2*1H4. The molecule has 0 atom stereocenters. The molecule has 2 heteroatoms. The number of phenols is 2. The van der Waals surface area contributed by atoms with Gasteiger partial charge in [-0.25, -0.2) is 0 Å². The van der Waals surface area contributed by atoms with Crippen molar-refractivity contribution < 1.29 is 10.2 Å². The predicted octanol–water partition coefficient (Wildman–Crippen LogP) is 8.54. The minimum atomic E-state index is 0. The molecule has 0 aromatic heterocycles. The molecular weight excluding hydrogens is 392 g/mol. The number of para-hydroxylation sites is 2. The Morgan fingerprint density at radius 1 is 0.438 bits per heavy atom. The van der Waals surface area contributed by atoms with E-state index in [1.54, 1.807) is 48.5 Å². The van der Waals surface area contributed by atoms with Gasteiger partial charge >= 0.3 is 0 Å². The fourth-order valence-electron chi connectivity index (χ4n) is 2.72. The fourth-order valence-corrected chi connectivity index (χ4v) is 2.72. The molecule has 2 nitrogen and oxygen atoms in total. The zero-order chi connectivity index (χ0) is 21.6. The molecule has 0 saturated carbocycles. The normalized spacial score (nSPS) is 8.94. The van der Waals surface area contributed by atoms with Crippen molar-refractivity contribution in [2.45, 2.75) is 41.5 Å². The SMILES string of the molecule is C.C.CCc1ccc(-c2ccc(CC)cc2)cc1.Oc1ccccc1.Oc1ccccc1. The third kappa shape index (κ3) is 10.5. The summed E-state index contributed by atoms with van der Waals surface area (Å²) in [5.41, 5.74) is 5.41. The number of aryl methyl sites for hydroxylation is 2. The van der Waals surface area contributed by atoms with Gasteiger partial charge in [-0.2, -0.15) is 0 Å². The Morgan fingerprint density at radius 2 is 0.719 bits per heavy atom. The molecule has 0 fully saturated rings. The highest BCUT2D eigenvalue weighted by Crippen LogP contribution is 2.20. The lowest BCUT2D eigenvalue weighted by atomic mass is 10.0. The van der Waals surface area contributed by atoms with Crippen molar-refractivity contribution in [3.63, 3.8) is 0 Å². The van der Waals surface area contributed by atoms with Crippen LogP contribution in [0.15, 0.2) is 109 Å². The third-order valence-corrected chi connectivity index (χ3v) is 4.57. The van der Waals surface area contributed by atoms with Gasteiger partial charge in [-0.05, 0) is 59.4 Å². The van der Waals surface area contributed by atoms with Crippen LogP contribution in [0, 0.1) is 0 Å². The molecule has 0 amide bonds. The van der Waals surface area contributed by atoms with E-state index < -0.39 is 0 Å². The second-order valence-electron chi connectivity index (χ2n) is 6.77. The smallest absolute Gasteiger partial charge is 0.115 e. The summed E-state index contributed by atoms with van der Waals surface area (Å²) in [7, 11) is 0. The maximum atomic E-state index is 8.63. The molecule has 32 heavy (non-hydrogen) atoms. The molecule has 0 aliphatic heterocycles. The van der Waals surface area contributed by atoms with E-state index in [0.717, 1.165) is 12.8 Å². The molecular formula is C30H38O2. The third-order valence-electron chi connectivity index (χ3n) is 4.57. The largest absolute Gasteiger partial charge is 0.508 e. The summed E-state index contributed by atoms with van der Waals surface area (Å²) in [6, 6.07) is 35.1. The van der Waals surface area contributed by atoms with Gasteiger partial charge in [0.2, 0.25) is 0 Å². The van der Waals surface area contributed by atoms with Crippen LogP contribution in [0.25, 0.3) is 11.1 Å². The van der Waals surface area contributed by atoms with Crippen LogP contribution >= 0.6 is 0 Å². The van der Waals surface area contributed by atoms with Gasteiger partial charge in [-0.1, -0.05) is 114 Å². The monoisotopic (exact) mass is 430 g/mol. The molecule has 0 radical (unpaired) electrons. The molecule has 0 unspecified atom stereocenters. The fraction of sp³-hybridized carbons (Fsp3) is 0.200. The van der Waals surface area contributed by atoms with Crippen molar-refractivity contribution in [1.82, 2.24) is 0 Å². The highest BCUT2D eigenvalue weighted by atomic mass is 16.3. The van der Waals surface area contributed by atoms with Gasteiger partial charge in [0, 0.05) is 0 Å². The van der Waals surface area contributed by atoms with Crippen LogP contribution in [0.1, 0.15) is 39.8 Å². The minimum Gasteiger partial charge on any atom is -0.508 e. The van der Waals surface area contributed by atoms with Crippen molar-refractivity contribution in [3.05, 3.63) is 120 Å². The maximum absolute atomic E-state index is 8.63. The van der Waals surface area contributed by atoms with E-state index in [9.17, 15) is 0 Å². The second kappa shape index (κ2) is 16.2. The van der Waals surface area contributed by atoms with Crippen LogP contribution in [-0.4, -0.2) is 10.2 Å². The van der Waals surface area contributed by atoms with Crippen molar-refractivity contribution >= 4 is 0 Å². The molecule has 0 saturated heterocycles. The van der Waals surface area contributed by atoms with Crippen LogP contribution in [0.5, 0.6) is 11.5 Å². The van der Waals surface area contributed by atoms with Gasteiger partial charge in [0.1, 0.15) is 11.5 Å². The van der Waals surface area contributed by atoms with Crippen LogP contribution in [0.4, 0.5) is 0 Å². The molecule has 0 aliphatic carbocycles. The lowest BCUT2D eigenvalue weighted by Crippen LogP contribution is -1.83. The molecule has 170 valence electrons. The summed E-state index contributed by atoms with van der Waals surface area (Å²) in [6.07, 6.45) is 2.21. The molecule has 0 heterocycles. The van der Waals surface area contributed by atoms with Crippen molar-refractivity contribution in [2.24, 2.45) is 0 Å². The molecule has 4 aromatic carbocycles. The lowest BCUT2D eigenvalue weighted by molar-refractivity contribution is 0.475. The number of rotatable bonds is 3. The van der Waals surface area contributed by atoms with E-state index in [0.29, 0.717) is 11.5 Å². The second-order valence-corrected chi connectivity index (χ2v) is 6.77. The van der Waals surface area contributed by atoms with E-state index in [4.69, 9.17) is 10.2 Å². The Labute approximate surface area is 194 Å². The van der Waals surface area contributed by atoms with Crippen LogP contribution in [0.3, 0.4) is 0 Å². The quantitative estimate of drug-likeness (QED) is 0.342. The topological polar surface area (TPSA) is 40.5 Å². The first-order valence-electron chi connectivity index (χ1n) is 10.3. The summed E-state index contributed by atoms with van der Waals surface area (Å²) >= 11 is 0. The van der Waals surface area contributed by atoms with E-state index >= 15 is 0 Å². The first-order valence-corrected chi connectivity index (χ1v) is 10.3. The summed E-state index contributed by atoms with van der Waals surface area (Å²) in [5, 5.41) is 17.3. The first kappa shape index (κ1) is 28.5. The number of aromatic hydroxyl groups is 2. The maximum Gasteiger partial charge on any atom is 0.115 e. The van der Waals surface area contributed by atoms with E-state index in [1.165, 1.54) is 22.3 Å². The van der Waals surface area contributed by atoms with Crippen LogP contribution < -0.4 is 0 Å². The Bertz CT molecular complexity index is 862. The molecule has 2 N–H and O–H groups in total. The van der Waals surface area contributed by atoms with Gasteiger partial charge in [-0.15, -0.1) is 0 Å². The van der Waals surface area contributed by atoms with Crippen LogP contribution in [0.2, 0.25) is 0 Å². The number of hydrogen-bond donors (Lipinski definition) is 2. The predicted molar refractivity (Wildman–Crippen MR) is 140 cm³/mol. The van der Waals surface area contributed by atoms with Crippen LogP contribution in [-0.2, 0) is 12.8 Å². The van der Waals surface area contributed by atoms with Gasteiger partial charge in [0.15, 0.2) is 0 Å². The van der Waals surface area contributed by atoms with Crippen molar-refractivity contribution in [1.29, 1.82) is 0 Å². The number of hydrogen-bond acceptors (Lipinski definition) is 2. The minimum absolute atomic E-state index is 0. The summed E-state index contributed by atoms with van der Waals surface area (Å²) in [6.45, 7) is 4.37. The summed E-state index contributed by atoms with van der Waals surface area (Å²) < 4.78 is 0. The molecule has 0 bridgehead atoms. The highest BCUT2D eigenvalue weighted by molar-refractivity contribution is 5.63.